The second-order valence-corrected chi connectivity index (χ2v) is 4.60. The normalized spacial score (nSPS) is 18.4. The number of amides is 1. The Morgan fingerprint density at radius 1 is 1.61 bits per heavy atom. The lowest BCUT2D eigenvalue weighted by Crippen LogP contribution is -2.40. The largest absolute Gasteiger partial charge is 0.469 e. The van der Waals surface area contributed by atoms with Gasteiger partial charge in [0, 0.05) is 31.4 Å². The molecule has 18 heavy (non-hydrogen) atoms. The van der Waals surface area contributed by atoms with E-state index < -0.39 is 0 Å². The monoisotopic (exact) mass is 245 g/mol. The molecule has 3 heterocycles. The molecule has 1 N–H and O–H groups in total. The highest BCUT2D eigenvalue weighted by Gasteiger charge is 2.21. The number of fused-ring (bicyclic) bond motifs is 1. The van der Waals surface area contributed by atoms with Gasteiger partial charge < -0.3 is 14.3 Å². The van der Waals surface area contributed by atoms with E-state index in [-0.39, 0.29) is 11.9 Å². The van der Waals surface area contributed by atoms with Crippen molar-refractivity contribution in [1.82, 2.24) is 14.9 Å². The molecule has 0 aromatic carbocycles. The minimum Gasteiger partial charge on any atom is -0.469 e. The molecule has 1 unspecified atom stereocenters. The fourth-order valence-corrected chi connectivity index (χ4v) is 2.37. The number of nitrogens with zero attached hydrogens (tertiary/aromatic N) is 2. The summed E-state index contributed by atoms with van der Waals surface area (Å²) in [6, 6.07) is 1.87. The molecular weight excluding hydrogens is 230 g/mol. The number of carbonyl (C=O) groups excluding carboxylic acids is 1. The van der Waals surface area contributed by atoms with Crippen LogP contribution in [0.3, 0.4) is 0 Å². The second kappa shape index (κ2) is 4.33. The van der Waals surface area contributed by atoms with Gasteiger partial charge in [-0.05, 0) is 19.4 Å². The molecule has 0 bridgehead atoms. The van der Waals surface area contributed by atoms with Crippen molar-refractivity contribution in [1.29, 1.82) is 0 Å². The van der Waals surface area contributed by atoms with Crippen molar-refractivity contribution in [2.24, 2.45) is 0 Å². The van der Waals surface area contributed by atoms with Crippen molar-refractivity contribution in [2.75, 3.05) is 0 Å². The molecule has 0 aliphatic carbocycles. The Morgan fingerprint density at radius 2 is 2.50 bits per heavy atom. The van der Waals surface area contributed by atoms with Gasteiger partial charge in [0.15, 0.2) is 0 Å². The number of rotatable bonds is 2. The SMILES string of the molecule is Cc1occc1C(=O)NC1CCc2nccn2C1. The first kappa shape index (κ1) is 11.1. The number of hydrogen-bond donors (Lipinski definition) is 1. The van der Waals surface area contributed by atoms with Crippen LogP contribution in [0.15, 0.2) is 29.1 Å². The summed E-state index contributed by atoms with van der Waals surface area (Å²) in [6.45, 7) is 2.59. The highest BCUT2D eigenvalue weighted by Crippen LogP contribution is 2.14. The maximum Gasteiger partial charge on any atom is 0.255 e. The van der Waals surface area contributed by atoms with E-state index >= 15 is 0 Å². The van der Waals surface area contributed by atoms with Gasteiger partial charge in [-0.1, -0.05) is 0 Å². The maximum absolute atomic E-state index is 12.0. The van der Waals surface area contributed by atoms with Gasteiger partial charge in [-0.2, -0.15) is 0 Å². The zero-order chi connectivity index (χ0) is 12.5. The molecular formula is C13H15N3O2. The van der Waals surface area contributed by atoms with E-state index in [1.54, 1.807) is 25.5 Å². The molecule has 94 valence electrons. The average molecular weight is 245 g/mol. The number of carbonyl (C=O) groups is 1. The van der Waals surface area contributed by atoms with Crippen LogP contribution in [0, 0.1) is 6.92 Å². The first-order chi connectivity index (χ1) is 8.74. The maximum atomic E-state index is 12.0. The third-order valence-corrected chi connectivity index (χ3v) is 3.37. The number of furan rings is 1. The second-order valence-electron chi connectivity index (χ2n) is 4.60. The summed E-state index contributed by atoms with van der Waals surface area (Å²) in [5, 5.41) is 3.05. The average Bonchev–Trinajstić information content (AvgIpc) is 2.96. The lowest BCUT2D eigenvalue weighted by atomic mass is 10.1. The molecule has 1 atom stereocenters. The zero-order valence-corrected chi connectivity index (χ0v) is 10.2. The molecule has 1 aliphatic rings. The van der Waals surface area contributed by atoms with Crippen LogP contribution in [0.1, 0.15) is 28.4 Å². The Bertz CT molecular complexity index is 570. The van der Waals surface area contributed by atoms with Crippen molar-refractivity contribution in [3.8, 4) is 0 Å². The molecule has 1 amide bonds. The highest BCUT2D eigenvalue weighted by atomic mass is 16.3. The Labute approximate surface area is 105 Å². The highest BCUT2D eigenvalue weighted by molar-refractivity contribution is 5.95. The van der Waals surface area contributed by atoms with Gasteiger partial charge in [0.25, 0.3) is 5.91 Å². The quantitative estimate of drug-likeness (QED) is 0.872. The number of imidazole rings is 1. The molecule has 0 spiro atoms. The van der Waals surface area contributed by atoms with Gasteiger partial charge in [-0.25, -0.2) is 4.98 Å². The molecule has 3 rings (SSSR count). The van der Waals surface area contributed by atoms with Crippen LogP contribution in [0.5, 0.6) is 0 Å². The minimum atomic E-state index is -0.0604. The van der Waals surface area contributed by atoms with Crippen molar-refractivity contribution in [3.63, 3.8) is 0 Å². The van der Waals surface area contributed by atoms with Crippen LogP contribution in [0.4, 0.5) is 0 Å². The lowest BCUT2D eigenvalue weighted by molar-refractivity contribution is 0.0926. The fraction of sp³-hybridized carbons (Fsp3) is 0.385. The van der Waals surface area contributed by atoms with E-state index in [0.29, 0.717) is 11.3 Å². The Balaban J connectivity index is 1.68. The number of aryl methyl sites for hydroxylation is 2. The summed E-state index contributed by atoms with van der Waals surface area (Å²) < 4.78 is 7.24. The summed E-state index contributed by atoms with van der Waals surface area (Å²) in [5.41, 5.74) is 0.617. The van der Waals surface area contributed by atoms with E-state index in [4.69, 9.17) is 4.42 Å². The summed E-state index contributed by atoms with van der Waals surface area (Å²) >= 11 is 0. The van der Waals surface area contributed by atoms with E-state index in [1.807, 2.05) is 6.20 Å². The van der Waals surface area contributed by atoms with Gasteiger partial charge in [0.2, 0.25) is 0 Å². The van der Waals surface area contributed by atoms with Crippen LogP contribution in [-0.2, 0) is 13.0 Å². The lowest BCUT2D eigenvalue weighted by Gasteiger charge is -2.24. The van der Waals surface area contributed by atoms with Gasteiger partial charge in [0.05, 0.1) is 11.8 Å². The van der Waals surface area contributed by atoms with Crippen molar-refractivity contribution in [3.05, 3.63) is 41.9 Å². The topological polar surface area (TPSA) is 60.1 Å². The third kappa shape index (κ3) is 1.92. The van der Waals surface area contributed by atoms with E-state index in [2.05, 4.69) is 14.9 Å². The predicted molar refractivity (Wildman–Crippen MR) is 65.2 cm³/mol. The molecule has 5 nitrogen and oxygen atoms in total. The summed E-state index contributed by atoms with van der Waals surface area (Å²) in [5.74, 6) is 1.70. The van der Waals surface area contributed by atoms with Crippen molar-refractivity contribution >= 4 is 5.91 Å². The zero-order valence-electron chi connectivity index (χ0n) is 10.2. The van der Waals surface area contributed by atoms with Gasteiger partial charge in [-0.15, -0.1) is 0 Å². The number of nitrogens with one attached hydrogen (secondary N) is 1. The molecule has 0 saturated carbocycles. The third-order valence-electron chi connectivity index (χ3n) is 3.37. The van der Waals surface area contributed by atoms with Gasteiger partial charge >= 0.3 is 0 Å². The van der Waals surface area contributed by atoms with Crippen LogP contribution in [-0.4, -0.2) is 21.5 Å². The summed E-state index contributed by atoms with van der Waals surface area (Å²) in [4.78, 5) is 16.3. The number of aromatic nitrogens is 2. The van der Waals surface area contributed by atoms with Gasteiger partial charge in [0.1, 0.15) is 11.6 Å². The molecule has 2 aromatic heterocycles. The van der Waals surface area contributed by atoms with Crippen molar-refractivity contribution in [2.45, 2.75) is 32.4 Å². The van der Waals surface area contributed by atoms with Crippen LogP contribution in [0.2, 0.25) is 0 Å². The minimum absolute atomic E-state index is 0.0604. The first-order valence-electron chi connectivity index (χ1n) is 6.09. The Hall–Kier alpha value is -2.04. The molecule has 0 radical (unpaired) electrons. The van der Waals surface area contributed by atoms with Crippen LogP contribution < -0.4 is 5.32 Å². The Morgan fingerprint density at radius 3 is 3.28 bits per heavy atom. The standard InChI is InChI=1S/C13H15N3O2/c1-9-11(4-7-18-9)13(17)15-10-2-3-12-14-5-6-16(12)8-10/h4-7,10H,2-3,8H2,1H3,(H,15,17). The predicted octanol–water partition coefficient (Wildman–Crippen LogP) is 1.53. The smallest absolute Gasteiger partial charge is 0.255 e. The summed E-state index contributed by atoms with van der Waals surface area (Å²) in [6.07, 6.45) is 7.14. The van der Waals surface area contributed by atoms with Gasteiger partial charge in [-0.3, -0.25) is 4.79 Å². The van der Waals surface area contributed by atoms with Crippen LogP contribution >= 0.6 is 0 Å². The molecule has 0 saturated heterocycles. The molecule has 1 aliphatic heterocycles. The summed E-state index contributed by atoms with van der Waals surface area (Å²) in [7, 11) is 0. The molecule has 0 fully saturated rings. The van der Waals surface area contributed by atoms with Crippen LogP contribution in [0.25, 0.3) is 0 Å². The molecule has 2 aromatic rings. The first-order valence-corrected chi connectivity index (χ1v) is 6.09. The molecule has 5 heteroatoms. The van der Waals surface area contributed by atoms with E-state index in [9.17, 15) is 4.79 Å². The van der Waals surface area contributed by atoms with Crippen molar-refractivity contribution < 1.29 is 9.21 Å². The number of hydrogen-bond acceptors (Lipinski definition) is 3. The van der Waals surface area contributed by atoms with E-state index in [0.717, 1.165) is 25.2 Å². The van der Waals surface area contributed by atoms with E-state index in [1.165, 1.54) is 0 Å². The fourth-order valence-electron chi connectivity index (χ4n) is 2.37. The Kier molecular flexibility index (Phi) is 2.66.